The molecule has 0 amide bonds. The Morgan fingerprint density at radius 1 is 1.47 bits per heavy atom. The van der Waals surface area contributed by atoms with Crippen LogP contribution in [0.3, 0.4) is 0 Å². The highest BCUT2D eigenvalue weighted by molar-refractivity contribution is 5.70. The molecule has 2 atom stereocenters. The van der Waals surface area contributed by atoms with Gasteiger partial charge in [0.05, 0.1) is 5.92 Å². The van der Waals surface area contributed by atoms with E-state index < -0.39 is 5.97 Å². The number of carbonyl (C=O) groups is 1. The molecule has 2 rings (SSSR count). The number of carboxylic acids is 1. The second-order valence-electron chi connectivity index (χ2n) is 4.72. The third-order valence-corrected chi connectivity index (χ3v) is 3.27. The number of hydrogen-bond acceptors (Lipinski definition) is 3. The summed E-state index contributed by atoms with van der Waals surface area (Å²) in [4.78, 5) is 13.0. The van der Waals surface area contributed by atoms with Gasteiger partial charge in [-0.15, -0.1) is 0 Å². The second-order valence-corrected chi connectivity index (χ2v) is 4.72. The van der Waals surface area contributed by atoms with Crippen LogP contribution in [-0.2, 0) is 4.79 Å². The maximum atomic E-state index is 10.9. The smallest absolute Gasteiger partial charge is 0.307 e. The SMILES string of the molecule is CN(C)c1cccc(C2CC(C(=O)O)CN2)c1. The summed E-state index contributed by atoms with van der Waals surface area (Å²) in [6.45, 7) is 0.562. The van der Waals surface area contributed by atoms with Crippen LogP contribution in [-0.4, -0.2) is 31.7 Å². The molecular weight excluding hydrogens is 216 g/mol. The van der Waals surface area contributed by atoms with Crippen molar-refractivity contribution in [1.29, 1.82) is 0 Å². The Labute approximate surface area is 101 Å². The van der Waals surface area contributed by atoms with E-state index >= 15 is 0 Å². The molecule has 1 aliphatic heterocycles. The van der Waals surface area contributed by atoms with Crippen molar-refractivity contribution in [2.45, 2.75) is 12.5 Å². The number of hydrogen-bond donors (Lipinski definition) is 2. The van der Waals surface area contributed by atoms with Crippen LogP contribution in [0.4, 0.5) is 5.69 Å². The quantitative estimate of drug-likeness (QED) is 0.832. The predicted octanol–water partition coefficient (Wildman–Crippen LogP) is 1.49. The van der Waals surface area contributed by atoms with Gasteiger partial charge in [-0.1, -0.05) is 12.1 Å². The van der Waals surface area contributed by atoms with E-state index in [1.165, 1.54) is 5.56 Å². The van der Waals surface area contributed by atoms with Gasteiger partial charge >= 0.3 is 5.97 Å². The van der Waals surface area contributed by atoms with E-state index in [0.29, 0.717) is 13.0 Å². The van der Waals surface area contributed by atoms with Crippen LogP contribution in [0.15, 0.2) is 24.3 Å². The van der Waals surface area contributed by atoms with Crippen molar-refractivity contribution < 1.29 is 9.90 Å². The Kier molecular flexibility index (Phi) is 3.33. The van der Waals surface area contributed by atoms with Crippen molar-refractivity contribution in [2.75, 3.05) is 25.5 Å². The number of nitrogens with zero attached hydrogens (tertiary/aromatic N) is 1. The maximum Gasteiger partial charge on any atom is 0.307 e. The van der Waals surface area contributed by atoms with Crippen LogP contribution in [0.5, 0.6) is 0 Å². The number of nitrogens with one attached hydrogen (secondary N) is 1. The minimum atomic E-state index is -0.705. The lowest BCUT2D eigenvalue weighted by molar-refractivity contribution is -0.141. The number of benzene rings is 1. The van der Waals surface area contributed by atoms with Crippen molar-refractivity contribution >= 4 is 11.7 Å². The molecule has 1 aliphatic rings. The molecule has 4 nitrogen and oxygen atoms in total. The highest BCUT2D eigenvalue weighted by Gasteiger charge is 2.30. The fourth-order valence-corrected chi connectivity index (χ4v) is 2.20. The standard InChI is InChI=1S/C13H18N2O2/c1-15(2)11-5-3-4-9(6-11)12-7-10(8-14-12)13(16)17/h3-6,10,12,14H,7-8H2,1-2H3,(H,16,17). The van der Waals surface area contributed by atoms with Crippen molar-refractivity contribution in [1.82, 2.24) is 5.32 Å². The van der Waals surface area contributed by atoms with E-state index in [9.17, 15) is 4.79 Å². The van der Waals surface area contributed by atoms with Crippen LogP contribution in [0, 0.1) is 5.92 Å². The molecule has 17 heavy (non-hydrogen) atoms. The zero-order valence-electron chi connectivity index (χ0n) is 10.2. The fourth-order valence-electron chi connectivity index (χ4n) is 2.20. The summed E-state index contributed by atoms with van der Waals surface area (Å²) < 4.78 is 0. The average Bonchev–Trinajstić information content (AvgIpc) is 2.78. The Morgan fingerprint density at radius 3 is 2.82 bits per heavy atom. The summed E-state index contributed by atoms with van der Waals surface area (Å²) in [5, 5.41) is 12.2. The van der Waals surface area contributed by atoms with E-state index in [2.05, 4.69) is 17.4 Å². The first-order valence-electron chi connectivity index (χ1n) is 5.81. The van der Waals surface area contributed by atoms with Crippen LogP contribution in [0.2, 0.25) is 0 Å². The molecule has 0 spiro atoms. The predicted molar refractivity (Wildman–Crippen MR) is 67.3 cm³/mol. The molecule has 0 bridgehead atoms. The first-order chi connectivity index (χ1) is 8.08. The second kappa shape index (κ2) is 4.75. The molecule has 0 aliphatic carbocycles. The lowest BCUT2D eigenvalue weighted by Crippen LogP contribution is -2.17. The molecule has 92 valence electrons. The van der Waals surface area contributed by atoms with E-state index in [1.807, 2.05) is 31.1 Å². The molecule has 1 aromatic carbocycles. The maximum absolute atomic E-state index is 10.9. The molecule has 0 aromatic heterocycles. The van der Waals surface area contributed by atoms with Gasteiger partial charge < -0.3 is 15.3 Å². The van der Waals surface area contributed by atoms with Crippen molar-refractivity contribution in [3.63, 3.8) is 0 Å². The highest BCUT2D eigenvalue weighted by atomic mass is 16.4. The van der Waals surface area contributed by atoms with Crippen molar-refractivity contribution in [3.05, 3.63) is 29.8 Å². The van der Waals surface area contributed by atoms with Gasteiger partial charge in [-0.05, 0) is 24.1 Å². The number of aliphatic carboxylic acids is 1. The Morgan fingerprint density at radius 2 is 2.24 bits per heavy atom. The topological polar surface area (TPSA) is 52.6 Å². The van der Waals surface area contributed by atoms with Gasteiger partial charge in [0.1, 0.15) is 0 Å². The van der Waals surface area contributed by atoms with Crippen LogP contribution in [0.25, 0.3) is 0 Å². The Balaban J connectivity index is 2.13. The summed E-state index contributed by atoms with van der Waals surface area (Å²) >= 11 is 0. The van der Waals surface area contributed by atoms with E-state index in [4.69, 9.17) is 5.11 Å². The van der Waals surface area contributed by atoms with Crippen LogP contribution >= 0.6 is 0 Å². The van der Waals surface area contributed by atoms with Gasteiger partial charge in [0.15, 0.2) is 0 Å². The van der Waals surface area contributed by atoms with Gasteiger partial charge in [0.2, 0.25) is 0 Å². The molecule has 2 unspecified atom stereocenters. The lowest BCUT2D eigenvalue weighted by Gasteiger charge is -2.16. The van der Waals surface area contributed by atoms with E-state index in [-0.39, 0.29) is 12.0 Å². The van der Waals surface area contributed by atoms with Gasteiger partial charge in [0.25, 0.3) is 0 Å². The molecule has 2 N–H and O–H groups in total. The number of rotatable bonds is 3. The van der Waals surface area contributed by atoms with E-state index in [0.717, 1.165) is 5.69 Å². The third-order valence-electron chi connectivity index (χ3n) is 3.27. The monoisotopic (exact) mass is 234 g/mol. The summed E-state index contributed by atoms with van der Waals surface area (Å²) in [6.07, 6.45) is 0.673. The molecule has 0 saturated carbocycles. The minimum absolute atomic E-state index is 0.163. The summed E-state index contributed by atoms with van der Waals surface area (Å²) in [7, 11) is 4.00. The zero-order valence-corrected chi connectivity index (χ0v) is 10.2. The average molecular weight is 234 g/mol. The first-order valence-corrected chi connectivity index (χ1v) is 5.81. The molecule has 1 aromatic rings. The van der Waals surface area contributed by atoms with Crippen LogP contribution in [0.1, 0.15) is 18.0 Å². The summed E-state index contributed by atoms with van der Waals surface area (Å²) in [5.41, 5.74) is 2.31. The van der Waals surface area contributed by atoms with E-state index in [1.54, 1.807) is 0 Å². The molecule has 0 radical (unpaired) electrons. The first kappa shape index (κ1) is 11.9. The van der Waals surface area contributed by atoms with Crippen molar-refractivity contribution in [3.8, 4) is 0 Å². The van der Waals surface area contributed by atoms with Gasteiger partial charge in [-0.2, -0.15) is 0 Å². The molecule has 1 saturated heterocycles. The normalized spacial score (nSPS) is 23.6. The van der Waals surface area contributed by atoms with Gasteiger partial charge in [-0.25, -0.2) is 0 Å². The molecular formula is C13H18N2O2. The highest BCUT2D eigenvalue weighted by Crippen LogP contribution is 2.29. The summed E-state index contributed by atoms with van der Waals surface area (Å²) in [6, 6.07) is 8.39. The fraction of sp³-hybridized carbons (Fsp3) is 0.462. The Bertz CT molecular complexity index is 418. The van der Waals surface area contributed by atoms with Crippen molar-refractivity contribution in [2.24, 2.45) is 5.92 Å². The molecule has 4 heteroatoms. The number of carboxylic acid groups (broad SMARTS) is 1. The molecule has 1 heterocycles. The summed E-state index contributed by atoms with van der Waals surface area (Å²) in [5.74, 6) is -0.966. The number of anilines is 1. The lowest BCUT2D eigenvalue weighted by atomic mass is 10.00. The van der Waals surface area contributed by atoms with Crippen LogP contribution < -0.4 is 10.2 Å². The van der Waals surface area contributed by atoms with Gasteiger partial charge in [-0.3, -0.25) is 4.79 Å². The Hall–Kier alpha value is -1.55. The van der Waals surface area contributed by atoms with Gasteiger partial charge in [0, 0.05) is 32.4 Å². The zero-order chi connectivity index (χ0) is 12.4. The molecule has 1 fully saturated rings. The third kappa shape index (κ3) is 2.58. The largest absolute Gasteiger partial charge is 0.481 e. The minimum Gasteiger partial charge on any atom is -0.481 e.